The van der Waals surface area contributed by atoms with Crippen LogP contribution in [0.15, 0.2) is 0 Å². The Morgan fingerprint density at radius 2 is 2.06 bits per heavy atom. The molecule has 2 bridgehead atoms. The number of nitrogens with zero attached hydrogens (tertiary/aromatic N) is 1. The molecule has 4 nitrogen and oxygen atoms in total. The molecule has 3 rings (SSSR count). The highest BCUT2D eigenvalue weighted by Crippen LogP contribution is 2.66. The predicted octanol–water partition coefficient (Wildman–Crippen LogP) is 1.83. The summed E-state index contributed by atoms with van der Waals surface area (Å²) < 4.78 is 5.54. The highest BCUT2D eigenvalue weighted by molar-refractivity contribution is 5.70. The molecule has 102 valence electrons. The van der Waals surface area contributed by atoms with Crippen LogP contribution >= 0.6 is 0 Å². The van der Waals surface area contributed by atoms with Crippen LogP contribution in [0.2, 0.25) is 0 Å². The zero-order chi connectivity index (χ0) is 13.2. The van der Waals surface area contributed by atoms with Gasteiger partial charge in [-0.2, -0.15) is 0 Å². The minimum atomic E-state index is -0.424. The van der Waals surface area contributed by atoms with Crippen molar-refractivity contribution in [2.45, 2.75) is 51.8 Å². The number of hydrogen-bond acceptors (Lipinski definition) is 3. The SMILES string of the molecule is C[C@H]1C2C3CC([C@H]21)N(C(=O)OC(C)(C)C)[C@H]3CN. The maximum absolute atomic E-state index is 12.3. The van der Waals surface area contributed by atoms with Gasteiger partial charge in [-0.05, 0) is 50.9 Å². The molecule has 1 aliphatic heterocycles. The molecule has 3 fully saturated rings. The third-order valence-electron chi connectivity index (χ3n) is 5.02. The number of nitrogens with two attached hydrogens (primary N) is 1. The minimum absolute atomic E-state index is 0.164. The summed E-state index contributed by atoms with van der Waals surface area (Å²) in [7, 11) is 0. The quantitative estimate of drug-likeness (QED) is 0.774. The third kappa shape index (κ3) is 1.58. The Hall–Kier alpha value is -0.770. The van der Waals surface area contributed by atoms with Gasteiger partial charge in [-0.3, -0.25) is 0 Å². The maximum atomic E-state index is 12.3. The van der Waals surface area contributed by atoms with Crippen molar-refractivity contribution in [3.8, 4) is 0 Å². The normalized spacial score (nSPS) is 45.1. The van der Waals surface area contributed by atoms with Crippen molar-refractivity contribution in [1.82, 2.24) is 4.90 Å². The fraction of sp³-hybridized carbons (Fsp3) is 0.929. The van der Waals surface area contributed by atoms with Crippen molar-refractivity contribution in [2.75, 3.05) is 6.54 Å². The molecular formula is C14H24N2O2. The van der Waals surface area contributed by atoms with E-state index < -0.39 is 5.60 Å². The Bertz CT molecular complexity index is 374. The Morgan fingerprint density at radius 3 is 2.61 bits per heavy atom. The summed E-state index contributed by atoms with van der Waals surface area (Å²) >= 11 is 0. The fourth-order valence-electron chi connectivity index (χ4n) is 4.44. The topological polar surface area (TPSA) is 55.6 Å². The first kappa shape index (κ1) is 12.3. The lowest BCUT2D eigenvalue weighted by Gasteiger charge is -2.35. The van der Waals surface area contributed by atoms with E-state index in [-0.39, 0.29) is 12.1 Å². The number of hydrogen-bond donors (Lipinski definition) is 1. The van der Waals surface area contributed by atoms with E-state index in [9.17, 15) is 4.79 Å². The Balaban J connectivity index is 1.78. The van der Waals surface area contributed by atoms with Gasteiger partial charge in [0.15, 0.2) is 0 Å². The van der Waals surface area contributed by atoms with E-state index in [0.717, 1.165) is 18.3 Å². The number of rotatable bonds is 1. The van der Waals surface area contributed by atoms with Gasteiger partial charge in [-0.1, -0.05) is 6.92 Å². The number of likely N-dealkylation sites (tertiary alicyclic amines) is 1. The molecule has 0 aromatic rings. The predicted molar refractivity (Wildman–Crippen MR) is 69.0 cm³/mol. The zero-order valence-corrected chi connectivity index (χ0v) is 11.7. The number of ether oxygens (including phenoxy) is 1. The van der Waals surface area contributed by atoms with Crippen LogP contribution in [0.4, 0.5) is 4.79 Å². The summed E-state index contributed by atoms with van der Waals surface area (Å²) in [5, 5.41) is 0. The van der Waals surface area contributed by atoms with Gasteiger partial charge in [-0.25, -0.2) is 4.79 Å². The lowest BCUT2D eigenvalue weighted by atomic mass is 9.95. The fourth-order valence-corrected chi connectivity index (χ4v) is 4.44. The summed E-state index contributed by atoms with van der Waals surface area (Å²) in [4.78, 5) is 14.3. The smallest absolute Gasteiger partial charge is 0.410 e. The molecule has 0 spiro atoms. The van der Waals surface area contributed by atoms with E-state index in [4.69, 9.17) is 10.5 Å². The van der Waals surface area contributed by atoms with Crippen molar-refractivity contribution in [3.05, 3.63) is 0 Å². The van der Waals surface area contributed by atoms with E-state index in [1.807, 2.05) is 25.7 Å². The maximum Gasteiger partial charge on any atom is 0.410 e. The number of piperidine rings is 1. The van der Waals surface area contributed by atoms with Crippen molar-refractivity contribution in [3.63, 3.8) is 0 Å². The lowest BCUT2D eigenvalue weighted by molar-refractivity contribution is 0.00714. The van der Waals surface area contributed by atoms with Crippen LogP contribution < -0.4 is 5.73 Å². The summed E-state index contributed by atoms with van der Waals surface area (Å²) in [6, 6.07) is 0.592. The van der Waals surface area contributed by atoms with Crippen LogP contribution in [0.5, 0.6) is 0 Å². The molecule has 4 heteroatoms. The molecule has 18 heavy (non-hydrogen) atoms. The molecule has 0 radical (unpaired) electrons. The molecule has 3 aliphatic rings. The van der Waals surface area contributed by atoms with Crippen molar-refractivity contribution in [2.24, 2.45) is 29.4 Å². The molecule has 2 aliphatic carbocycles. The number of amides is 1. The van der Waals surface area contributed by atoms with Crippen LogP contribution in [0.25, 0.3) is 0 Å². The molecule has 6 atom stereocenters. The standard InChI is InChI=1S/C14H24N2O2/c1-7-11-8-5-9(12(7)11)16(10(8)6-15)13(17)18-14(2,3)4/h7-12H,5-6,15H2,1-4H3/t7-,8?,9?,10-,11?,12+/m0/s1. The molecule has 1 amide bonds. The largest absolute Gasteiger partial charge is 0.444 e. The summed E-state index contributed by atoms with van der Waals surface area (Å²) in [6.45, 7) is 8.62. The average molecular weight is 252 g/mol. The van der Waals surface area contributed by atoms with E-state index in [1.165, 1.54) is 0 Å². The first-order valence-corrected chi connectivity index (χ1v) is 7.06. The molecule has 2 N–H and O–H groups in total. The first-order valence-electron chi connectivity index (χ1n) is 7.06. The van der Waals surface area contributed by atoms with E-state index in [2.05, 4.69) is 6.92 Å². The first-order chi connectivity index (χ1) is 8.35. The van der Waals surface area contributed by atoms with Gasteiger partial charge in [0, 0.05) is 12.6 Å². The number of carbonyl (C=O) groups is 1. The van der Waals surface area contributed by atoms with Crippen LogP contribution in [-0.2, 0) is 4.74 Å². The Morgan fingerprint density at radius 1 is 1.39 bits per heavy atom. The number of carbonyl (C=O) groups excluding carboxylic acids is 1. The molecule has 0 aromatic heterocycles. The number of fused-ring (bicyclic) bond motifs is 5. The highest BCUT2D eigenvalue weighted by Gasteiger charge is 2.69. The van der Waals surface area contributed by atoms with Crippen LogP contribution in [0.3, 0.4) is 0 Å². The molecule has 1 saturated heterocycles. The average Bonchev–Trinajstić information content (AvgIpc) is 2.68. The van der Waals surface area contributed by atoms with Gasteiger partial charge in [0.2, 0.25) is 0 Å². The van der Waals surface area contributed by atoms with Crippen molar-refractivity contribution >= 4 is 6.09 Å². The van der Waals surface area contributed by atoms with E-state index >= 15 is 0 Å². The summed E-state index contributed by atoms with van der Waals surface area (Å²) in [5.74, 6) is 2.93. The third-order valence-corrected chi connectivity index (χ3v) is 5.02. The van der Waals surface area contributed by atoms with Crippen molar-refractivity contribution in [1.29, 1.82) is 0 Å². The van der Waals surface area contributed by atoms with Gasteiger partial charge in [0.25, 0.3) is 0 Å². The van der Waals surface area contributed by atoms with Gasteiger partial charge >= 0.3 is 6.09 Å². The summed E-state index contributed by atoms with van der Waals surface area (Å²) in [5.41, 5.74) is 5.47. The van der Waals surface area contributed by atoms with Gasteiger partial charge in [-0.15, -0.1) is 0 Å². The van der Waals surface area contributed by atoms with Crippen LogP contribution in [0.1, 0.15) is 34.1 Å². The second-order valence-electron chi connectivity index (χ2n) is 7.17. The molecule has 2 saturated carbocycles. The van der Waals surface area contributed by atoms with E-state index in [0.29, 0.717) is 24.4 Å². The zero-order valence-electron chi connectivity index (χ0n) is 11.7. The Labute approximate surface area is 109 Å². The molecule has 0 aromatic carbocycles. The molecule has 3 unspecified atom stereocenters. The van der Waals surface area contributed by atoms with Crippen LogP contribution in [0, 0.1) is 23.7 Å². The van der Waals surface area contributed by atoms with Crippen LogP contribution in [-0.4, -0.2) is 35.2 Å². The second-order valence-corrected chi connectivity index (χ2v) is 7.17. The van der Waals surface area contributed by atoms with Gasteiger partial charge < -0.3 is 15.4 Å². The monoisotopic (exact) mass is 252 g/mol. The minimum Gasteiger partial charge on any atom is -0.444 e. The van der Waals surface area contributed by atoms with Gasteiger partial charge in [0.05, 0.1) is 6.04 Å². The highest BCUT2D eigenvalue weighted by atomic mass is 16.6. The molecular weight excluding hydrogens is 228 g/mol. The Kier molecular flexibility index (Phi) is 2.47. The summed E-state index contributed by atoms with van der Waals surface area (Å²) in [6.07, 6.45) is 0.976. The lowest BCUT2D eigenvalue weighted by Crippen LogP contribution is -2.51. The second kappa shape index (κ2) is 3.62. The van der Waals surface area contributed by atoms with E-state index in [1.54, 1.807) is 0 Å². The van der Waals surface area contributed by atoms with Crippen molar-refractivity contribution < 1.29 is 9.53 Å². The van der Waals surface area contributed by atoms with Gasteiger partial charge in [0.1, 0.15) is 5.60 Å². The molecule has 1 heterocycles.